The number of rotatable bonds is 1. The van der Waals surface area contributed by atoms with Crippen molar-refractivity contribution in [3.8, 4) is 0 Å². The van der Waals surface area contributed by atoms with Crippen LogP contribution in [-0.4, -0.2) is 55.6 Å². The van der Waals surface area contributed by atoms with E-state index in [-0.39, 0.29) is 6.09 Å². The largest absolute Gasteiger partial charge is 0.444 e. The van der Waals surface area contributed by atoms with Gasteiger partial charge < -0.3 is 14.4 Å². The van der Waals surface area contributed by atoms with Crippen LogP contribution in [0.25, 0.3) is 0 Å². The van der Waals surface area contributed by atoms with Crippen molar-refractivity contribution >= 4 is 14.1 Å². The maximum atomic E-state index is 11.8. The molecule has 1 heterocycles. The second kappa shape index (κ2) is 5.08. The van der Waals surface area contributed by atoms with Crippen molar-refractivity contribution in [2.24, 2.45) is 0 Å². The molecule has 0 aromatic heterocycles. The third-order valence-electron chi connectivity index (χ3n) is 2.85. The summed E-state index contributed by atoms with van der Waals surface area (Å²) < 4.78 is 5.35. The van der Waals surface area contributed by atoms with E-state index in [0.29, 0.717) is 6.04 Å². The molecule has 0 radical (unpaired) electrons. The first-order chi connectivity index (χ1) is 7.29. The van der Waals surface area contributed by atoms with Gasteiger partial charge in [0.15, 0.2) is 7.98 Å². The van der Waals surface area contributed by atoms with E-state index in [4.69, 9.17) is 4.74 Å². The average molecular weight is 226 g/mol. The van der Waals surface area contributed by atoms with Crippen LogP contribution >= 0.6 is 0 Å². The van der Waals surface area contributed by atoms with Crippen LogP contribution in [0.15, 0.2) is 0 Å². The predicted octanol–water partition coefficient (Wildman–Crippen LogP) is 0.866. The number of amides is 1. The highest BCUT2D eigenvalue weighted by molar-refractivity contribution is 6.04. The van der Waals surface area contributed by atoms with Crippen LogP contribution in [0.1, 0.15) is 33.6 Å². The standard InChI is InChI=1S/C11H23BN2O2/c1-11(2,3)16-10(15)14-7-5-9(6-8-14)13(4)12/h9H,5-8,12H2,1-4H3. The summed E-state index contributed by atoms with van der Waals surface area (Å²) in [6.07, 6.45) is 1.89. The number of hydrogen-bond donors (Lipinski definition) is 0. The number of likely N-dealkylation sites (tertiary alicyclic amines) is 1. The van der Waals surface area contributed by atoms with Crippen molar-refractivity contribution in [2.75, 3.05) is 20.1 Å². The van der Waals surface area contributed by atoms with Crippen molar-refractivity contribution in [3.63, 3.8) is 0 Å². The van der Waals surface area contributed by atoms with Crippen LogP contribution in [0.2, 0.25) is 0 Å². The smallest absolute Gasteiger partial charge is 0.410 e. The third-order valence-corrected chi connectivity index (χ3v) is 2.85. The van der Waals surface area contributed by atoms with Gasteiger partial charge in [0.2, 0.25) is 0 Å². The van der Waals surface area contributed by atoms with Gasteiger partial charge in [0.25, 0.3) is 0 Å². The zero-order chi connectivity index (χ0) is 12.3. The second-order valence-electron chi connectivity index (χ2n) is 5.66. The van der Waals surface area contributed by atoms with Gasteiger partial charge in [0.1, 0.15) is 5.60 Å². The molecule has 1 aliphatic heterocycles. The van der Waals surface area contributed by atoms with Crippen molar-refractivity contribution in [1.82, 2.24) is 9.71 Å². The van der Waals surface area contributed by atoms with Gasteiger partial charge >= 0.3 is 6.09 Å². The lowest BCUT2D eigenvalue weighted by Gasteiger charge is -2.36. The number of carbonyl (C=O) groups is 1. The summed E-state index contributed by atoms with van der Waals surface area (Å²) in [6, 6.07) is 0.596. The van der Waals surface area contributed by atoms with Crippen molar-refractivity contribution in [3.05, 3.63) is 0 Å². The van der Waals surface area contributed by atoms with Gasteiger partial charge in [0, 0.05) is 19.1 Å². The SMILES string of the molecule is BN(C)C1CCN(C(=O)OC(C)(C)C)CC1. The summed E-state index contributed by atoms with van der Waals surface area (Å²) in [7, 11) is 4.18. The van der Waals surface area contributed by atoms with Crippen LogP contribution in [0, 0.1) is 0 Å². The molecule has 0 aliphatic carbocycles. The van der Waals surface area contributed by atoms with E-state index in [2.05, 4.69) is 19.8 Å². The summed E-state index contributed by atoms with van der Waals surface area (Å²) in [4.78, 5) is 15.8. The fourth-order valence-corrected chi connectivity index (χ4v) is 1.89. The number of ether oxygens (including phenoxy) is 1. The Morgan fingerprint density at radius 2 is 1.88 bits per heavy atom. The molecule has 0 unspecified atom stereocenters. The van der Waals surface area contributed by atoms with Gasteiger partial charge in [-0.25, -0.2) is 4.79 Å². The lowest BCUT2D eigenvalue weighted by Crippen LogP contribution is -2.46. The van der Waals surface area contributed by atoms with Crippen molar-refractivity contribution in [2.45, 2.75) is 45.3 Å². The molecule has 0 bridgehead atoms. The molecule has 1 rings (SSSR count). The number of piperidine rings is 1. The van der Waals surface area contributed by atoms with E-state index in [1.165, 1.54) is 0 Å². The molecule has 0 spiro atoms. The highest BCUT2D eigenvalue weighted by Crippen LogP contribution is 2.17. The van der Waals surface area contributed by atoms with Gasteiger partial charge in [-0.2, -0.15) is 0 Å². The van der Waals surface area contributed by atoms with Crippen molar-refractivity contribution in [1.29, 1.82) is 0 Å². The van der Waals surface area contributed by atoms with E-state index >= 15 is 0 Å². The molecule has 0 atom stereocenters. The molecule has 1 saturated heterocycles. The molecule has 92 valence electrons. The average Bonchev–Trinajstić information content (AvgIpc) is 2.15. The Morgan fingerprint density at radius 3 is 2.25 bits per heavy atom. The predicted molar refractivity (Wildman–Crippen MR) is 67.1 cm³/mol. The Balaban J connectivity index is 2.39. The van der Waals surface area contributed by atoms with E-state index in [1.54, 1.807) is 0 Å². The molecule has 16 heavy (non-hydrogen) atoms. The minimum Gasteiger partial charge on any atom is -0.444 e. The van der Waals surface area contributed by atoms with Crippen LogP contribution in [0.3, 0.4) is 0 Å². The lowest BCUT2D eigenvalue weighted by molar-refractivity contribution is 0.0183. The Hall–Kier alpha value is -0.705. The second-order valence-corrected chi connectivity index (χ2v) is 5.66. The minimum absolute atomic E-state index is 0.176. The molecule has 1 aliphatic rings. The van der Waals surface area contributed by atoms with Crippen LogP contribution in [0.4, 0.5) is 4.79 Å². The molecule has 5 heteroatoms. The summed E-state index contributed by atoms with van der Waals surface area (Å²) in [5.41, 5.74) is -0.393. The van der Waals surface area contributed by atoms with E-state index in [9.17, 15) is 4.79 Å². The molecule has 0 aromatic carbocycles. The Bertz CT molecular complexity index is 243. The van der Waals surface area contributed by atoms with E-state index < -0.39 is 5.60 Å². The number of hydrogen-bond acceptors (Lipinski definition) is 3. The maximum absolute atomic E-state index is 11.8. The van der Waals surface area contributed by atoms with Gasteiger partial charge in [-0.3, -0.25) is 0 Å². The topological polar surface area (TPSA) is 32.8 Å². The monoisotopic (exact) mass is 226 g/mol. The fourth-order valence-electron chi connectivity index (χ4n) is 1.89. The Labute approximate surface area is 99.4 Å². The van der Waals surface area contributed by atoms with Gasteiger partial charge in [0.05, 0.1) is 0 Å². The van der Waals surface area contributed by atoms with Gasteiger partial charge in [-0.1, -0.05) is 0 Å². The van der Waals surface area contributed by atoms with Crippen LogP contribution in [-0.2, 0) is 4.74 Å². The minimum atomic E-state index is -0.393. The first-order valence-electron chi connectivity index (χ1n) is 5.94. The Morgan fingerprint density at radius 1 is 1.38 bits per heavy atom. The van der Waals surface area contributed by atoms with Crippen molar-refractivity contribution < 1.29 is 9.53 Å². The normalized spacial score (nSPS) is 18.9. The van der Waals surface area contributed by atoms with Crippen LogP contribution in [0.5, 0.6) is 0 Å². The maximum Gasteiger partial charge on any atom is 0.410 e. The molecule has 1 amide bonds. The zero-order valence-corrected chi connectivity index (χ0v) is 11.1. The first kappa shape index (κ1) is 13.4. The molecule has 0 saturated carbocycles. The fraction of sp³-hybridized carbons (Fsp3) is 0.909. The molecular formula is C11H23BN2O2. The van der Waals surface area contributed by atoms with Gasteiger partial charge in [-0.05, 0) is 40.7 Å². The summed E-state index contributed by atoms with van der Waals surface area (Å²) in [5.74, 6) is 0. The highest BCUT2D eigenvalue weighted by atomic mass is 16.6. The molecule has 1 fully saturated rings. The van der Waals surface area contributed by atoms with Crippen LogP contribution < -0.4 is 0 Å². The third kappa shape index (κ3) is 4.04. The van der Waals surface area contributed by atoms with Gasteiger partial charge in [-0.15, -0.1) is 0 Å². The van der Waals surface area contributed by atoms with E-state index in [0.717, 1.165) is 25.9 Å². The number of carbonyl (C=O) groups excluding carboxylic acids is 1. The Kier molecular flexibility index (Phi) is 4.24. The molecular weight excluding hydrogens is 203 g/mol. The summed E-state index contributed by atoms with van der Waals surface area (Å²) in [5, 5.41) is 0. The zero-order valence-electron chi connectivity index (χ0n) is 11.1. The lowest BCUT2D eigenvalue weighted by atomic mass is 10.0. The van der Waals surface area contributed by atoms with E-state index in [1.807, 2.05) is 25.7 Å². The highest BCUT2D eigenvalue weighted by Gasteiger charge is 2.27. The first-order valence-corrected chi connectivity index (χ1v) is 5.94. The molecule has 0 aromatic rings. The summed E-state index contributed by atoms with van der Waals surface area (Å²) >= 11 is 0. The summed E-state index contributed by atoms with van der Waals surface area (Å²) in [6.45, 7) is 7.31. The molecule has 4 nitrogen and oxygen atoms in total. The quantitative estimate of drug-likeness (QED) is 0.622. The number of nitrogens with zero attached hydrogens (tertiary/aromatic N) is 2. The molecule has 0 N–H and O–H groups in total.